The summed E-state index contributed by atoms with van der Waals surface area (Å²) in [6.07, 6.45) is -30.6. The molecule has 0 aromatic rings. The average Bonchev–Trinajstić information content (AvgIpc) is 3.10. The molecule has 0 aliphatic carbocycles. The van der Waals surface area contributed by atoms with Gasteiger partial charge in [0.2, 0.25) is 0 Å². The van der Waals surface area contributed by atoms with Crippen molar-refractivity contribution in [2.45, 2.75) is 123 Å². The van der Waals surface area contributed by atoms with Crippen LogP contribution in [0.2, 0.25) is 0 Å². The first-order valence-corrected chi connectivity index (χ1v) is 15.7. The average molecular weight is 724 g/mol. The van der Waals surface area contributed by atoms with Gasteiger partial charge in [0.05, 0.1) is 45.7 Å². The van der Waals surface area contributed by atoms with Crippen LogP contribution in [0.3, 0.4) is 0 Å². The summed E-state index contributed by atoms with van der Waals surface area (Å²) in [6, 6.07) is 0. The molecule has 15 N–H and O–H groups in total. The number of aliphatic hydroxyl groups excluding tert-OH is 13. The van der Waals surface area contributed by atoms with Gasteiger partial charge in [0, 0.05) is 13.0 Å². The van der Waals surface area contributed by atoms with Crippen molar-refractivity contribution < 1.29 is 104 Å². The highest BCUT2D eigenvalue weighted by Gasteiger charge is 2.54. The second-order valence-electron chi connectivity index (χ2n) is 12.4. The molecule has 288 valence electrons. The van der Waals surface area contributed by atoms with Crippen LogP contribution < -0.4 is 5.73 Å². The molecule has 4 saturated heterocycles. The lowest BCUT2D eigenvalue weighted by atomic mass is 9.90. The first-order valence-electron chi connectivity index (χ1n) is 15.7. The van der Waals surface area contributed by atoms with E-state index in [0.717, 1.165) is 0 Å². The Labute approximate surface area is 279 Å². The van der Waals surface area contributed by atoms with Gasteiger partial charge in [-0.25, -0.2) is 0 Å². The Morgan fingerprint density at radius 2 is 1.04 bits per heavy atom. The Hall–Kier alpha value is -0.880. The third kappa shape index (κ3) is 8.85. The van der Waals surface area contributed by atoms with E-state index < -0.39 is 156 Å². The number of aliphatic hydroxyl groups is 13. The molecule has 0 amide bonds. The van der Waals surface area contributed by atoms with Gasteiger partial charge in [-0.2, -0.15) is 0 Å². The summed E-state index contributed by atoms with van der Waals surface area (Å²) in [5.74, 6) is 0. The number of hydrogen-bond donors (Lipinski definition) is 14. The van der Waals surface area contributed by atoms with Gasteiger partial charge in [-0.05, 0) is 0 Å². The van der Waals surface area contributed by atoms with Crippen molar-refractivity contribution >= 4 is 0 Å². The van der Waals surface area contributed by atoms with Gasteiger partial charge in [0.25, 0.3) is 0 Å². The molecule has 0 saturated carbocycles. The molecule has 0 bridgehead atoms. The van der Waals surface area contributed by atoms with Gasteiger partial charge in [-0.1, -0.05) is 0 Å². The first-order chi connectivity index (χ1) is 23.3. The van der Waals surface area contributed by atoms with Gasteiger partial charge in [0.15, 0.2) is 25.2 Å². The van der Waals surface area contributed by atoms with E-state index in [-0.39, 0.29) is 13.2 Å². The van der Waals surface area contributed by atoms with Crippen LogP contribution in [0.4, 0.5) is 0 Å². The third-order valence-electron chi connectivity index (χ3n) is 8.89. The quantitative estimate of drug-likeness (QED) is 0.0791. The number of nitrogens with two attached hydrogens (primary N) is 1. The van der Waals surface area contributed by atoms with Crippen molar-refractivity contribution in [2.75, 3.05) is 46.2 Å². The van der Waals surface area contributed by atoms with E-state index in [1.54, 1.807) is 0 Å². The molecular weight excluding hydrogens is 674 g/mol. The zero-order chi connectivity index (χ0) is 36.2. The highest BCUT2D eigenvalue weighted by molar-refractivity contribution is 4.97. The van der Waals surface area contributed by atoms with Crippen LogP contribution in [0.1, 0.15) is 6.42 Å². The zero-order valence-electron chi connectivity index (χ0n) is 26.2. The van der Waals surface area contributed by atoms with Crippen molar-refractivity contribution in [3.8, 4) is 0 Å². The third-order valence-corrected chi connectivity index (χ3v) is 8.89. The largest absolute Gasteiger partial charge is 0.394 e. The molecular formula is C27H49NO21. The van der Waals surface area contributed by atoms with E-state index in [2.05, 4.69) is 0 Å². The van der Waals surface area contributed by atoms with E-state index in [1.165, 1.54) is 0 Å². The summed E-state index contributed by atoms with van der Waals surface area (Å²) < 4.78 is 44.1. The van der Waals surface area contributed by atoms with Crippen molar-refractivity contribution in [3.05, 3.63) is 0 Å². The van der Waals surface area contributed by atoms with E-state index in [4.69, 9.17) is 43.6 Å². The Balaban J connectivity index is 1.42. The van der Waals surface area contributed by atoms with E-state index >= 15 is 0 Å². The highest BCUT2D eigenvalue weighted by atomic mass is 16.8. The molecule has 0 aromatic heterocycles. The second-order valence-corrected chi connectivity index (χ2v) is 12.4. The van der Waals surface area contributed by atoms with Crippen molar-refractivity contribution in [1.29, 1.82) is 0 Å². The van der Waals surface area contributed by atoms with Gasteiger partial charge < -0.3 is 110 Å². The molecule has 49 heavy (non-hydrogen) atoms. The molecule has 4 heterocycles. The van der Waals surface area contributed by atoms with E-state index in [1.807, 2.05) is 0 Å². The summed E-state index contributed by atoms with van der Waals surface area (Å²) in [4.78, 5) is 0. The Morgan fingerprint density at radius 3 is 1.55 bits per heavy atom. The molecule has 22 nitrogen and oxygen atoms in total. The summed E-state index contributed by atoms with van der Waals surface area (Å²) in [5, 5.41) is 134. The van der Waals surface area contributed by atoms with Crippen LogP contribution in [0, 0.1) is 0 Å². The van der Waals surface area contributed by atoms with Crippen molar-refractivity contribution in [1.82, 2.24) is 0 Å². The van der Waals surface area contributed by atoms with E-state index in [0.29, 0.717) is 0 Å². The molecule has 0 aromatic carbocycles. The topological polar surface area (TPSA) is 363 Å². The van der Waals surface area contributed by atoms with Crippen LogP contribution in [-0.2, 0) is 37.9 Å². The minimum absolute atomic E-state index is 0.0464. The molecule has 4 rings (SSSR count). The summed E-state index contributed by atoms with van der Waals surface area (Å²) in [5.41, 5.74) is 3.50. The lowest BCUT2D eigenvalue weighted by molar-refractivity contribution is -0.379. The van der Waals surface area contributed by atoms with Crippen LogP contribution in [0.5, 0.6) is 0 Å². The summed E-state index contributed by atoms with van der Waals surface area (Å²) >= 11 is 0. The maximum absolute atomic E-state index is 10.9. The minimum atomic E-state index is -1.93. The molecule has 0 spiro atoms. The first kappa shape index (κ1) is 40.9. The van der Waals surface area contributed by atoms with Crippen LogP contribution in [0.15, 0.2) is 0 Å². The Kier molecular flexibility index (Phi) is 14.8. The highest BCUT2D eigenvalue weighted by Crippen LogP contribution is 2.35. The van der Waals surface area contributed by atoms with E-state index in [9.17, 15) is 66.4 Å². The second kappa shape index (κ2) is 17.8. The Morgan fingerprint density at radius 1 is 0.551 bits per heavy atom. The number of hydrogen-bond acceptors (Lipinski definition) is 22. The van der Waals surface area contributed by atoms with Crippen molar-refractivity contribution in [2.24, 2.45) is 5.73 Å². The Bertz CT molecular complexity index is 998. The van der Waals surface area contributed by atoms with Crippen LogP contribution in [-0.4, -0.2) is 229 Å². The fourth-order valence-electron chi connectivity index (χ4n) is 6.02. The molecule has 4 aliphatic heterocycles. The molecule has 12 unspecified atom stereocenters. The van der Waals surface area contributed by atoms with Crippen molar-refractivity contribution in [3.63, 3.8) is 0 Å². The fraction of sp³-hybridized carbons (Fsp3) is 1.00. The van der Waals surface area contributed by atoms with Crippen LogP contribution in [0.25, 0.3) is 0 Å². The monoisotopic (exact) mass is 723 g/mol. The fourth-order valence-corrected chi connectivity index (χ4v) is 6.02. The number of rotatable bonds is 14. The molecule has 0 radical (unpaired) electrons. The smallest absolute Gasteiger partial charge is 0.187 e. The molecule has 19 atom stereocenters. The maximum atomic E-state index is 10.9. The zero-order valence-corrected chi connectivity index (χ0v) is 26.2. The van der Waals surface area contributed by atoms with Crippen LogP contribution >= 0.6 is 0 Å². The maximum Gasteiger partial charge on any atom is 0.187 e. The van der Waals surface area contributed by atoms with Gasteiger partial charge in [-0.15, -0.1) is 0 Å². The predicted molar refractivity (Wildman–Crippen MR) is 151 cm³/mol. The lowest BCUT2D eigenvalue weighted by Gasteiger charge is -2.49. The lowest BCUT2D eigenvalue weighted by Crippen LogP contribution is -2.66. The summed E-state index contributed by atoms with van der Waals surface area (Å²) in [6.45, 7) is -3.95. The SMILES string of the molecule is NCCO[C@H]1OC(CO)[C@H](O[C@H]2OC(CO)(CO[C@@H]3OC(CO)[C@@H](O[C@@H]4OC(CO)[C@@H](O)C(O)C4O)C(O)C3O)CC(O)C2O)C(O)C1O. The predicted octanol–water partition coefficient (Wildman–Crippen LogP) is -9.37. The molecule has 22 heteroatoms. The minimum Gasteiger partial charge on any atom is -0.394 e. The van der Waals surface area contributed by atoms with Gasteiger partial charge in [-0.3, -0.25) is 0 Å². The molecule has 4 aliphatic rings. The standard InChI is InChI=1S/C27H49NO21/c28-1-2-42-23-19(40)16(37)22(12(6-31)45-23)48-26-13(34)9(33)3-27(7-32,49-26)8-43-24-20(41)17(38)21(11(5-30)46-24)47-25-18(39)15(36)14(35)10(4-29)44-25/h9-26,29-41H,1-8,28H2/t9?,10?,11?,12?,13?,14-,15?,16?,17?,18?,19?,20?,21-,22+,23+,24-,25+,26+,27?/m1/s1. The van der Waals surface area contributed by atoms with Gasteiger partial charge in [0.1, 0.15) is 85.0 Å². The van der Waals surface area contributed by atoms with Gasteiger partial charge >= 0.3 is 0 Å². The summed E-state index contributed by atoms with van der Waals surface area (Å²) in [7, 11) is 0. The molecule has 4 fully saturated rings. The number of ether oxygens (including phenoxy) is 8. The normalized spacial score (nSPS) is 49.6.